The highest BCUT2D eigenvalue weighted by Crippen LogP contribution is 2.65. The molecule has 4 rings (SSSR count). The van der Waals surface area contributed by atoms with E-state index in [1.54, 1.807) is 5.57 Å². The molecule has 3 heteroatoms. The number of alkyl halides is 1. The summed E-state index contributed by atoms with van der Waals surface area (Å²) in [6.07, 6.45) is 6.78. The number of rotatable bonds is 0. The molecule has 0 aromatic carbocycles. The van der Waals surface area contributed by atoms with E-state index >= 15 is 0 Å². The molecule has 0 heterocycles. The Morgan fingerprint density at radius 2 is 1.95 bits per heavy atom. The highest BCUT2D eigenvalue weighted by Gasteiger charge is 2.65. The van der Waals surface area contributed by atoms with Gasteiger partial charge in [0, 0.05) is 5.41 Å². The molecule has 3 fully saturated rings. The zero-order chi connectivity index (χ0) is 15.7. The van der Waals surface area contributed by atoms with E-state index in [-0.39, 0.29) is 11.3 Å². The third-order valence-electron chi connectivity index (χ3n) is 8.00. The molecule has 0 saturated heterocycles. The van der Waals surface area contributed by atoms with Crippen LogP contribution in [-0.2, 0) is 0 Å². The Hall–Kier alpha value is -0.410. The summed E-state index contributed by atoms with van der Waals surface area (Å²) in [5, 5.41) is 20.9. The van der Waals surface area contributed by atoms with Crippen LogP contribution in [0.3, 0.4) is 0 Å². The van der Waals surface area contributed by atoms with Crippen molar-refractivity contribution in [3.8, 4) is 0 Å². The summed E-state index contributed by atoms with van der Waals surface area (Å²) < 4.78 is 14.3. The van der Waals surface area contributed by atoms with Gasteiger partial charge in [-0.3, -0.25) is 0 Å². The van der Waals surface area contributed by atoms with E-state index in [0.29, 0.717) is 11.8 Å². The third-order valence-corrected chi connectivity index (χ3v) is 8.00. The number of allylic oxidation sites excluding steroid dienone is 2. The molecule has 0 radical (unpaired) electrons. The molecule has 22 heavy (non-hydrogen) atoms. The summed E-state index contributed by atoms with van der Waals surface area (Å²) in [6, 6.07) is 0. The predicted octanol–water partition coefficient (Wildman–Crippen LogP) is 3.62. The summed E-state index contributed by atoms with van der Waals surface area (Å²) in [6.45, 7) is 4.41. The molecule has 0 spiro atoms. The Morgan fingerprint density at radius 3 is 2.73 bits per heavy atom. The van der Waals surface area contributed by atoms with Gasteiger partial charge in [-0.05, 0) is 68.1 Å². The van der Waals surface area contributed by atoms with Crippen LogP contribution in [0.1, 0.15) is 58.8 Å². The number of aliphatic hydroxyl groups is 2. The van der Waals surface area contributed by atoms with Crippen molar-refractivity contribution >= 4 is 0 Å². The van der Waals surface area contributed by atoms with Crippen LogP contribution in [0.2, 0.25) is 0 Å². The second-order valence-corrected chi connectivity index (χ2v) is 8.80. The maximum Gasteiger partial charge on any atom is 0.152 e. The van der Waals surface area contributed by atoms with Crippen molar-refractivity contribution in [2.75, 3.05) is 0 Å². The van der Waals surface area contributed by atoms with Crippen LogP contribution in [-0.4, -0.2) is 28.6 Å². The molecule has 0 aromatic rings. The average Bonchev–Trinajstić information content (AvgIpc) is 2.68. The first-order chi connectivity index (χ1) is 10.4. The van der Waals surface area contributed by atoms with Crippen molar-refractivity contribution in [1.29, 1.82) is 0 Å². The van der Waals surface area contributed by atoms with Crippen molar-refractivity contribution in [3.63, 3.8) is 0 Å². The van der Waals surface area contributed by atoms with Gasteiger partial charge in [-0.15, -0.1) is 0 Å². The average molecular weight is 308 g/mol. The van der Waals surface area contributed by atoms with Crippen molar-refractivity contribution < 1.29 is 14.6 Å². The monoisotopic (exact) mass is 308 g/mol. The zero-order valence-electron chi connectivity index (χ0n) is 13.8. The molecule has 8 atom stereocenters. The molecule has 2 N–H and O–H groups in total. The minimum Gasteiger partial charge on any atom is -0.390 e. The van der Waals surface area contributed by atoms with Crippen LogP contribution in [0.25, 0.3) is 0 Å². The van der Waals surface area contributed by atoms with E-state index in [1.165, 1.54) is 19.3 Å². The van der Waals surface area contributed by atoms with Crippen LogP contribution in [0.4, 0.5) is 4.39 Å². The van der Waals surface area contributed by atoms with Gasteiger partial charge >= 0.3 is 0 Å². The van der Waals surface area contributed by atoms with Crippen LogP contribution in [0.15, 0.2) is 11.6 Å². The highest BCUT2D eigenvalue weighted by molar-refractivity contribution is 5.25. The van der Waals surface area contributed by atoms with E-state index < -0.39 is 23.8 Å². The molecule has 4 aliphatic rings. The predicted molar refractivity (Wildman–Crippen MR) is 84.0 cm³/mol. The maximum atomic E-state index is 14.3. The van der Waals surface area contributed by atoms with Crippen LogP contribution in [0, 0.1) is 28.6 Å². The van der Waals surface area contributed by atoms with E-state index in [4.69, 9.17) is 0 Å². The molecule has 0 aromatic heterocycles. The van der Waals surface area contributed by atoms with Gasteiger partial charge in [0.2, 0.25) is 0 Å². The lowest BCUT2D eigenvalue weighted by Crippen LogP contribution is -2.52. The number of halogens is 1. The van der Waals surface area contributed by atoms with Crippen LogP contribution in [0.5, 0.6) is 0 Å². The van der Waals surface area contributed by atoms with Gasteiger partial charge < -0.3 is 10.2 Å². The summed E-state index contributed by atoms with van der Waals surface area (Å²) in [5.41, 5.74) is 1.43. The Balaban J connectivity index is 1.72. The second kappa shape index (κ2) is 4.80. The van der Waals surface area contributed by atoms with Gasteiger partial charge in [0.05, 0.1) is 12.2 Å². The van der Waals surface area contributed by atoms with Gasteiger partial charge in [-0.25, -0.2) is 4.39 Å². The first-order valence-corrected chi connectivity index (χ1v) is 9.09. The fourth-order valence-electron chi connectivity index (χ4n) is 6.77. The first-order valence-electron chi connectivity index (χ1n) is 9.09. The maximum absolute atomic E-state index is 14.3. The summed E-state index contributed by atoms with van der Waals surface area (Å²) in [4.78, 5) is 0. The van der Waals surface area contributed by atoms with Gasteiger partial charge in [0.25, 0.3) is 0 Å². The molecule has 2 nitrogen and oxygen atoms in total. The smallest absolute Gasteiger partial charge is 0.152 e. The minimum absolute atomic E-state index is 0.0726. The molecule has 0 unspecified atom stereocenters. The number of hydrogen-bond donors (Lipinski definition) is 2. The quantitative estimate of drug-likeness (QED) is 0.671. The van der Waals surface area contributed by atoms with Gasteiger partial charge in [0.15, 0.2) is 6.17 Å². The van der Waals surface area contributed by atoms with Crippen LogP contribution >= 0.6 is 0 Å². The molecular formula is C19H29FO2. The van der Waals surface area contributed by atoms with Crippen molar-refractivity contribution in [1.82, 2.24) is 0 Å². The van der Waals surface area contributed by atoms with E-state index in [9.17, 15) is 14.6 Å². The second-order valence-electron chi connectivity index (χ2n) is 8.80. The van der Waals surface area contributed by atoms with Crippen molar-refractivity contribution in [2.24, 2.45) is 28.6 Å². The summed E-state index contributed by atoms with van der Waals surface area (Å²) in [5.74, 6) is 0.846. The normalized spacial score (nSPS) is 57.6. The Kier molecular flexibility index (Phi) is 3.30. The molecule has 0 aliphatic heterocycles. The SMILES string of the molecule is C[C@]12CC[C@H]3[C@@H](CCC4=CCCC[C@@]43C)[C@@H]1[C@@H](O)[C@@H](F)[C@H]2O. The van der Waals surface area contributed by atoms with Crippen molar-refractivity contribution in [3.05, 3.63) is 11.6 Å². The molecule has 4 aliphatic carbocycles. The zero-order valence-corrected chi connectivity index (χ0v) is 13.8. The van der Waals surface area contributed by atoms with Gasteiger partial charge in [-0.1, -0.05) is 25.5 Å². The summed E-state index contributed by atoms with van der Waals surface area (Å²) >= 11 is 0. The lowest BCUT2D eigenvalue weighted by molar-refractivity contribution is -0.0935. The largest absolute Gasteiger partial charge is 0.390 e. The lowest BCUT2D eigenvalue weighted by Gasteiger charge is -2.58. The molecule has 3 saturated carbocycles. The van der Waals surface area contributed by atoms with E-state index in [1.807, 2.05) is 6.92 Å². The Labute approximate surface area is 132 Å². The molecule has 0 bridgehead atoms. The lowest BCUT2D eigenvalue weighted by atomic mass is 9.47. The topological polar surface area (TPSA) is 40.5 Å². The Bertz CT molecular complexity index is 504. The van der Waals surface area contributed by atoms with Gasteiger partial charge in [-0.2, -0.15) is 0 Å². The van der Waals surface area contributed by atoms with E-state index in [2.05, 4.69) is 13.0 Å². The fraction of sp³-hybridized carbons (Fsp3) is 0.895. The summed E-state index contributed by atoms with van der Waals surface area (Å²) in [7, 11) is 0. The molecule has 0 amide bonds. The first kappa shape index (κ1) is 15.1. The fourth-order valence-corrected chi connectivity index (χ4v) is 6.77. The van der Waals surface area contributed by atoms with E-state index in [0.717, 1.165) is 25.7 Å². The molecular weight excluding hydrogens is 279 g/mol. The number of hydrogen-bond acceptors (Lipinski definition) is 2. The van der Waals surface area contributed by atoms with Crippen LogP contribution < -0.4 is 0 Å². The molecule has 124 valence electrons. The Morgan fingerprint density at radius 1 is 1.18 bits per heavy atom. The highest BCUT2D eigenvalue weighted by atomic mass is 19.1. The van der Waals surface area contributed by atoms with Gasteiger partial charge in [0.1, 0.15) is 0 Å². The third kappa shape index (κ3) is 1.73. The standard InChI is InChI=1S/C19H29FO2/c1-18-9-4-3-5-11(18)6-7-12-13(18)8-10-19(2)14(12)16(21)15(20)17(19)22/h5,12-17,21-22H,3-4,6-10H2,1-2H3/t12-,13+,14-,15-,16-,17-,18+,19+/m1/s1. The minimum atomic E-state index is -1.47. The number of fused-ring (bicyclic) bond motifs is 5. The van der Waals surface area contributed by atoms with Crippen molar-refractivity contribution in [2.45, 2.75) is 77.2 Å². The number of aliphatic hydroxyl groups excluding tert-OH is 2.